The van der Waals surface area contributed by atoms with Crippen LogP contribution in [0.4, 0.5) is 4.39 Å². The summed E-state index contributed by atoms with van der Waals surface area (Å²) in [6, 6.07) is 6.99. The van der Waals surface area contributed by atoms with E-state index >= 15 is 0 Å². The van der Waals surface area contributed by atoms with E-state index in [0.29, 0.717) is 48.6 Å². The van der Waals surface area contributed by atoms with Gasteiger partial charge in [0, 0.05) is 39.9 Å². The predicted octanol–water partition coefficient (Wildman–Crippen LogP) is 1.43. The molecule has 9 nitrogen and oxygen atoms in total. The standard InChI is InChI=1S/C22H29FN4O5/c1-25(10-12-30-2)8-9-27-22(29)21-18(24-27)14-20(28)26(11-13-31-3)19(21)15-32-17-6-4-16(23)5-7-17/h4-7,14,24H,8-13,15H2,1-3H3. The molecule has 1 N–H and O–H groups in total. The summed E-state index contributed by atoms with van der Waals surface area (Å²) in [6.45, 7) is 2.95. The van der Waals surface area contributed by atoms with Gasteiger partial charge in [-0.3, -0.25) is 19.4 Å². The zero-order valence-corrected chi connectivity index (χ0v) is 18.6. The van der Waals surface area contributed by atoms with E-state index in [0.717, 1.165) is 6.54 Å². The largest absolute Gasteiger partial charge is 0.487 e. The van der Waals surface area contributed by atoms with Gasteiger partial charge in [-0.05, 0) is 31.3 Å². The maximum Gasteiger partial charge on any atom is 0.276 e. The van der Waals surface area contributed by atoms with E-state index in [1.54, 1.807) is 14.2 Å². The number of fused-ring (bicyclic) bond motifs is 1. The van der Waals surface area contributed by atoms with Crippen molar-refractivity contribution in [1.29, 1.82) is 0 Å². The highest BCUT2D eigenvalue weighted by molar-refractivity contribution is 5.80. The lowest BCUT2D eigenvalue weighted by atomic mass is 10.2. The molecule has 0 saturated heterocycles. The molecule has 174 valence electrons. The minimum atomic E-state index is -0.375. The maximum atomic E-state index is 13.2. The number of rotatable bonds is 12. The Labute approximate surface area is 184 Å². The first kappa shape index (κ1) is 23.7. The van der Waals surface area contributed by atoms with Gasteiger partial charge in [0.25, 0.3) is 11.1 Å². The summed E-state index contributed by atoms with van der Waals surface area (Å²) >= 11 is 0. The Bertz CT molecular complexity index is 1140. The molecule has 0 aliphatic rings. The van der Waals surface area contributed by atoms with Gasteiger partial charge in [0.2, 0.25) is 0 Å². The molecule has 0 aliphatic heterocycles. The van der Waals surface area contributed by atoms with Crippen LogP contribution in [-0.4, -0.2) is 66.8 Å². The monoisotopic (exact) mass is 448 g/mol. The second-order valence-corrected chi connectivity index (χ2v) is 7.47. The van der Waals surface area contributed by atoms with Crippen LogP contribution in [0.1, 0.15) is 5.69 Å². The summed E-state index contributed by atoms with van der Waals surface area (Å²) in [4.78, 5) is 28.0. The number of aromatic amines is 1. The van der Waals surface area contributed by atoms with E-state index in [1.165, 1.54) is 39.6 Å². The lowest BCUT2D eigenvalue weighted by Gasteiger charge is -2.15. The number of benzene rings is 1. The van der Waals surface area contributed by atoms with Crippen LogP contribution in [0.2, 0.25) is 0 Å². The van der Waals surface area contributed by atoms with Crippen LogP contribution in [0.3, 0.4) is 0 Å². The molecule has 1 aromatic carbocycles. The Morgan fingerprint density at radius 3 is 2.44 bits per heavy atom. The fourth-order valence-electron chi connectivity index (χ4n) is 3.40. The van der Waals surface area contributed by atoms with Gasteiger partial charge >= 0.3 is 0 Å². The molecule has 0 fully saturated rings. The summed E-state index contributed by atoms with van der Waals surface area (Å²) in [6.07, 6.45) is 0. The van der Waals surface area contributed by atoms with Gasteiger partial charge in [-0.2, -0.15) is 0 Å². The van der Waals surface area contributed by atoms with Gasteiger partial charge in [-0.25, -0.2) is 4.39 Å². The van der Waals surface area contributed by atoms with Crippen molar-refractivity contribution in [3.63, 3.8) is 0 Å². The van der Waals surface area contributed by atoms with Gasteiger partial charge in [0.05, 0.1) is 36.4 Å². The van der Waals surface area contributed by atoms with E-state index in [-0.39, 0.29) is 30.1 Å². The minimum Gasteiger partial charge on any atom is -0.487 e. The third kappa shape index (κ3) is 5.64. The fourth-order valence-corrected chi connectivity index (χ4v) is 3.40. The summed E-state index contributed by atoms with van der Waals surface area (Å²) in [5, 5.41) is 3.43. The lowest BCUT2D eigenvalue weighted by Crippen LogP contribution is -2.30. The molecule has 0 unspecified atom stereocenters. The Morgan fingerprint density at radius 1 is 1.03 bits per heavy atom. The third-order valence-electron chi connectivity index (χ3n) is 5.22. The molecule has 0 amide bonds. The number of nitrogens with one attached hydrogen (secondary N) is 1. The van der Waals surface area contributed by atoms with Gasteiger partial charge < -0.3 is 23.7 Å². The van der Waals surface area contributed by atoms with E-state index in [2.05, 4.69) is 10.00 Å². The predicted molar refractivity (Wildman–Crippen MR) is 119 cm³/mol. The van der Waals surface area contributed by atoms with Crippen molar-refractivity contribution in [2.45, 2.75) is 19.7 Å². The zero-order chi connectivity index (χ0) is 23.1. The lowest BCUT2D eigenvalue weighted by molar-refractivity contribution is 0.158. The molecular weight excluding hydrogens is 419 g/mol. The molecule has 3 rings (SSSR count). The highest BCUT2D eigenvalue weighted by atomic mass is 19.1. The Balaban J connectivity index is 1.95. The number of methoxy groups -OCH3 is 2. The van der Waals surface area contributed by atoms with Crippen molar-refractivity contribution in [3.05, 3.63) is 62.6 Å². The van der Waals surface area contributed by atoms with Crippen molar-refractivity contribution in [2.75, 3.05) is 47.6 Å². The van der Waals surface area contributed by atoms with Gasteiger partial charge in [0.1, 0.15) is 18.2 Å². The number of hydrogen-bond donors (Lipinski definition) is 1. The third-order valence-corrected chi connectivity index (χ3v) is 5.22. The molecule has 0 spiro atoms. The van der Waals surface area contributed by atoms with Crippen LogP contribution in [0.25, 0.3) is 10.9 Å². The second kappa shape index (κ2) is 11.1. The molecule has 10 heteroatoms. The van der Waals surface area contributed by atoms with Gasteiger partial charge in [-0.15, -0.1) is 0 Å². The summed E-state index contributed by atoms with van der Waals surface area (Å²) in [5.74, 6) is 0.0604. The molecule has 2 heterocycles. The van der Waals surface area contributed by atoms with Crippen LogP contribution in [-0.2, 0) is 29.2 Å². The van der Waals surface area contributed by atoms with Crippen LogP contribution in [0.5, 0.6) is 5.75 Å². The summed E-state index contributed by atoms with van der Waals surface area (Å²) in [7, 11) is 5.13. The van der Waals surface area contributed by atoms with E-state index in [1.807, 2.05) is 7.05 Å². The summed E-state index contributed by atoms with van der Waals surface area (Å²) in [5.41, 5.74) is 0.398. The molecule has 0 radical (unpaired) electrons. The normalized spacial score (nSPS) is 11.5. The maximum absolute atomic E-state index is 13.2. The number of hydrogen-bond acceptors (Lipinski definition) is 6. The topological polar surface area (TPSA) is 90.7 Å². The molecule has 0 aliphatic carbocycles. The van der Waals surface area contributed by atoms with Gasteiger partial charge in [0.15, 0.2) is 0 Å². The van der Waals surface area contributed by atoms with Crippen LogP contribution < -0.4 is 15.9 Å². The van der Waals surface area contributed by atoms with E-state index < -0.39 is 0 Å². The van der Waals surface area contributed by atoms with Crippen molar-refractivity contribution in [2.24, 2.45) is 0 Å². The van der Waals surface area contributed by atoms with E-state index in [9.17, 15) is 14.0 Å². The number of H-pyrrole nitrogens is 1. The molecule has 0 bridgehead atoms. The Kier molecular flexibility index (Phi) is 8.20. The van der Waals surface area contributed by atoms with Crippen molar-refractivity contribution >= 4 is 10.9 Å². The molecule has 32 heavy (non-hydrogen) atoms. The highest BCUT2D eigenvalue weighted by Gasteiger charge is 2.18. The van der Waals surface area contributed by atoms with E-state index in [4.69, 9.17) is 14.2 Å². The number of likely N-dealkylation sites (N-methyl/N-ethyl adjacent to an activating group) is 1. The van der Waals surface area contributed by atoms with Crippen LogP contribution in [0.15, 0.2) is 39.9 Å². The number of pyridine rings is 1. The molecule has 2 aromatic heterocycles. The first-order chi connectivity index (χ1) is 15.4. The zero-order valence-electron chi connectivity index (χ0n) is 18.6. The number of ether oxygens (including phenoxy) is 3. The smallest absolute Gasteiger partial charge is 0.276 e. The first-order valence-electron chi connectivity index (χ1n) is 10.3. The second-order valence-electron chi connectivity index (χ2n) is 7.47. The van der Waals surface area contributed by atoms with Crippen molar-refractivity contribution < 1.29 is 18.6 Å². The quantitative estimate of drug-likeness (QED) is 0.451. The van der Waals surface area contributed by atoms with Crippen molar-refractivity contribution in [3.8, 4) is 5.75 Å². The van der Waals surface area contributed by atoms with Crippen LogP contribution >= 0.6 is 0 Å². The van der Waals surface area contributed by atoms with Crippen LogP contribution in [0, 0.1) is 5.82 Å². The van der Waals surface area contributed by atoms with Gasteiger partial charge in [-0.1, -0.05) is 0 Å². The molecular formula is C22H29FN4O5. The van der Waals surface area contributed by atoms with Crippen molar-refractivity contribution in [1.82, 2.24) is 19.2 Å². The number of aromatic nitrogens is 3. The average Bonchev–Trinajstić information content (AvgIpc) is 3.09. The SMILES string of the molecule is COCCN(C)CCn1[nH]c2cc(=O)n(CCOC)c(COc3ccc(F)cc3)c2c1=O. The molecule has 3 aromatic rings. The fraction of sp³-hybridized carbons (Fsp3) is 0.455. The highest BCUT2D eigenvalue weighted by Crippen LogP contribution is 2.17. The average molecular weight is 448 g/mol. The first-order valence-corrected chi connectivity index (χ1v) is 10.3. The molecule has 0 saturated carbocycles. The number of halogens is 1. The Hall–Kier alpha value is -2.95. The number of nitrogens with zero attached hydrogens (tertiary/aromatic N) is 3. The summed E-state index contributed by atoms with van der Waals surface area (Å²) < 4.78 is 32.2. The molecule has 0 atom stereocenters. The minimum absolute atomic E-state index is 0.0250. The Morgan fingerprint density at radius 2 is 1.75 bits per heavy atom.